The van der Waals surface area contributed by atoms with Crippen molar-refractivity contribution in [2.75, 3.05) is 26.2 Å². The average molecular weight is 399 g/mol. The first kappa shape index (κ1) is 19.5. The molecule has 2 aromatic rings. The minimum absolute atomic E-state index is 0.0478. The fourth-order valence-corrected chi connectivity index (χ4v) is 4.24. The van der Waals surface area contributed by atoms with Crippen LogP contribution in [0, 0.1) is 5.82 Å². The molecule has 0 spiro atoms. The van der Waals surface area contributed by atoms with Gasteiger partial charge in [0.05, 0.1) is 6.42 Å². The standard InChI is InChI=1S/C21H26FN5O2/c1-15(28)25-9-6-17(7-10-25)21-24-23-19-8-11-26(12-13-27(19)21)20(29)14-16-2-4-18(22)5-3-16/h2-5,17H,6-14H2,1H3. The Morgan fingerprint density at radius 2 is 1.72 bits per heavy atom. The molecule has 2 aliphatic heterocycles. The Hall–Kier alpha value is -2.77. The van der Waals surface area contributed by atoms with E-state index in [1.165, 1.54) is 12.1 Å². The van der Waals surface area contributed by atoms with Crippen LogP contribution in [0.15, 0.2) is 24.3 Å². The van der Waals surface area contributed by atoms with Crippen molar-refractivity contribution in [3.05, 3.63) is 47.3 Å². The van der Waals surface area contributed by atoms with Gasteiger partial charge in [-0.05, 0) is 30.5 Å². The van der Waals surface area contributed by atoms with Gasteiger partial charge in [0.1, 0.15) is 17.5 Å². The van der Waals surface area contributed by atoms with Crippen molar-refractivity contribution in [3.63, 3.8) is 0 Å². The van der Waals surface area contributed by atoms with Gasteiger partial charge in [0.25, 0.3) is 0 Å². The van der Waals surface area contributed by atoms with Crippen molar-refractivity contribution in [2.24, 2.45) is 0 Å². The van der Waals surface area contributed by atoms with E-state index >= 15 is 0 Å². The molecule has 1 fully saturated rings. The van der Waals surface area contributed by atoms with E-state index in [0.717, 1.165) is 43.1 Å². The van der Waals surface area contributed by atoms with Crippen LogP contribution < -0.4 is 0 Å². The Balaban J connectivity index is 1.39. The Morgan fingerprint density at radius 3 is 2.41 bits per heavy atom. The highest BCUT2D eigenvalue weighted by molar-refractivity contribution is 5.78. The zero-order chi connectivity index (χ0) is 20.4. The van der Waals surface area contributed by atoms with Crippen LogP contribution in [-0.4, -0.2) is 62.6 Å². The molecule has 7 nitrogen and oxygen atoms in total. The molecule has 0 N–H and O–H groups in total. The van der Waals surface area contributed by atoms with Gasteiger partial charge in [0.2, 0.25) is 11.8 Å². The topological polar surface area (TPSA) is 71.3 Å². The molecular weight excluding hydrogens is 373 g/mol. The number of carbonyl (C=O) groups is 2. The predicted molar refractivity (Wildman–Crippen MR) is 105 cm³/mol. The maximum absolute atomic E-state index is 13.1. The monoisotopic (exact) mass is 399 g/mol. The second-order valence-corrected chi connectivity index (χ2v) is 7.84. The van der Waals surface area contributed by atoms with E-state index < -0.39 is 0 Å². The molecule has 1 aromatic heterocycles. The molecule has 0 atom stereocenters. The first-order chi connectivity index (χ1) is 14.0. The summed E-state index contributed by atoms with van der Waals surface area (Å²) in [5, 5.41) is 8.84. The maximum Gasteiger partial charge on any atom is 0.227 e. The first-order valence-corrected chi connectivity index (χ1v) is 10.2. The number of nitrogens with zero attached hydrogens (tertiary/aromatic N) is 5. The van der Waals surface area contributed by atoms with Crippen molar-refractivity contribution in [1.82, 2.24) is 24.6 Å². The third kappa shape index (κ3) is 4.31. The Labute approximate surface area is 169 Å². The summed E-state index contributed by atoms with van der Waals surface area (Å²) in [5.41, 5.74) is 0.818. The minimum Gasteiger partial charge on any atom is -0.343 e. The van der Waals surface area contributed by atoms with Gasteiger partial charge in [-0.25, -0.2) is 4.39 Å². The van der Waals surface area contributed by atoms with Crippen molar-refractivity contribution in [3.8, 4) is 0 Å². The van der Waals surface area contributed by atoms with Crippen molar-refractivity contribution in [1.29, 1.82) is 0 Å². The third-order valence-electron chi connectivity index (χ3n) is 5.98. The van der Waals surface area contributed by atoms with Gasteiger partial charge in [-0.3, -0.25) is 9.59 Å². The maximum atomic E-state index is 13.1. The molecule has 4 rings (SSSR count). The Kier molecular flexibility index (Phi) is 5.60. The van der Waals surface area contributed by atoms with Crippen molar-refractivity contribution >= 4 is 11.8 Å². The highest BCUT2D eigenvalue weighted by atomic mass is 19.1. The van der Waals surface area contributed by atoms with Crippen LogP contribution in [0.4, 0.5) is 4.39 Å². The van der Waals surface area contributed by atoms with Crippen LogP contribution in [-0.2, 0) is 29.0 Å². The summed E-state index contributed by atoms with van der Waals surface area (Å²) >= 11 is 0. The number of hydrogen-bond acceptors (Lipinski definition) is 4. The molecule has 1 saturated heterocycles. The molecule has 0 unspecified atom stereocenters. The van der Waals surface area contributed by atoms with Crippen LogP contribution in [0.2, 0.25) is 0 Å². The average Bonchev–Trinajstić information content (AvgIpc) is 3.00. The fourth-order valence-electron chi connectivity index (χ4n) is 4.24. The van der Waals surface area contributed by atoms with E-state index in [1.54, 1.807) is 19.1 Å². The molecule has 3 heterocycles. The van der Waals surface area contributed by atoms with Crippen LogP contribution in [0.3, 0.4) is 0 Å². The van der Waals surface area contributed by atoms with Gasteiger partial charge >= 0.3 is 0 Å². The molecular formula is C21H26FN5O2. The van der Waals surface area contributed by atoms with Gasteiger partial charge in [0.15, 0.2) is 0 Å². The van der Waals surface area contributed by atoms with E-state index in [-0.39, 0.29) is 24.1 Å². The fraction of sp³-hybridized carbons (Fsp3) is 0.524. The molecule has 29 heavy (non-hydrogen) atoms. The number of rotatable bonds is 3. The summed E-state index contributed by atoms with van der Waals surface area (Å²) in [6.45, 7) is 5.03. The van der Waals surface area contributed by atoms with E-state index in [4.69, 9.17) is 0 Å². The second-order valence-electron chi connectivity index (χ2n) is 7.84. The normalized spacial score (nSPS) is 17.7. The molecule has 0 radical (unpaired) electrons. The predicted octanol–water partition coefficient (Wildman–Crippen LogP) is 1.77. The molecule has 2 amide bonds. The summed E-state index contributed by atoms with van der Waals surface area (Å²) in [6.07, 6.45) is 2.74. The number of likely N-dealkylation sites (tertiary alicyclic amines) is 1. The van der Waals surface area contributed by atoms with Gasteiger partial charge in [-0.2, -0.15) is 0 Å². The number of hydrogen-bond donors (Lipinski definition) is 0. The number of fused-ring (bicyclic) bond motifs is 1. The molecule has 0 saturated carbocycles. The van der Waals surface area contributed by atoms with Crippen molar-refractivity contribution in [2.45, 2.75) is 45.1 Å². The molecule has 2 aliphatic rings. The number of carbonyl (C=O) groups excluding carboxylic acids is 2. The lowest BCUT2D eigenvalue weighted by molar-refractivity contribution is -0.131. The first-order valence-electron chi connectivity index (χ1n) is 10.2. The zero-order valence-corrected chi connectivity index (χ0v) is 16.7. The summed E-state index contributed by atoms with van der Waals surface area (Å²) in [5.74, 6) is 2.08. The van der Waals surface area contributed by atoms with Gasteiger partial charge in [0, 0.05) is 52.0 Å². The molecule has 1 aromatic carbocycles. The summed E-state index contributed by atoms with van der Waals surface area (Å²) in [4.78, 5) is 28.0. The highest BCUT2D eigenvalue weighted by Crippen LogP contribution is 2.28. The Bertz CT molecular complexity index is 887. The lowest BCUT2D eigenvalue weighted by Crippen LogP contribution is -2.37. The molecule has 154 valence electrons. The number of halogens is 1. The van der Waals surface area contributed by atoms with Gasteiger partial charge in [-0.15, -0.1) is 10.2 Å². The van der Waals surface area contributed by atoms with Gasteiger partial charge < -0.3 is 14.4 Å². The minimum atomic E-state index is -0.296. The van der Waals surface area contributed by atoms with Crippen LogP contribution in [0.1, 0.15) is 42.9 Å². The third-order valence-corrected chi connectivity index (χ3v) is 5.98. The highest BCUT2D eigenvalue weighted by Gasteiger charge is 2.29. The quantitative estimate of drug-likeness (QED) is 0.789. The summed E-state index contributed by atoms with van der Waals surface area (Å²) < 4.78 is 15.2. The number of benzene rings is 1. The van der Waals surface area contributed by atoms with E-state index in [2.05, 4.69) is 14.8 Å². The number of amides is 2. The van der Waals surface area contributed by atoms with E-state index in [0.29, 0.717) is 32.0 Å². The number of aromatic nitrogens is 3. The lowest BCUT2D eigenvalue weighted by Gasteiger charge is -2.31. The SMILES string of the molecule is CC(=O)N1CCC(c2nnc3n2CCN(C(=O)Cc2ccc(F)cc2)CC3)CC1. The number of piperidine rings is 1. The van der Waals surface area contributed by atoms with E-state index in [1.807, 2.05) is 9.80 Å². The largest absolute Gasteiger partial charge is 0.343 e. The molecule has 8 heteroatoms. The second kappa shape index (κ2) is 8.31. The summed E-state index contributed by atoms with van der Waals surface area (Å²) in [7, 11) is 0. The summed E-state index contributed by atoms with van der Waals surface area (Å²) in [6, 6.07) is 6.09. The molecule has 0 aliphatic carbocycles. The Morgan fingerprint density at radius 1 is 1.00 bits per heavy atom. The van der Waals surface area contributed by atoms with Crippen molar-refractivity contribution < 1.29 is 14.0 Å². The van der Waals surface area contributed by atoms with Crippen LogP contribution in [0.25, 0.3) is 0 Å². The van der Waals surface area contributed by atoms with Crippen LogP contribution in [0.5, 0.6) is 0 Å². The van der Waals surface area contributed by atoms with Crippen LogP contribution >= 0.6 is 0 Å². The van der Waals surface area contributed by atoms with E-state index in [9.17, 15) is 14.0 Å². The smallest absolute Gasteiger partial charge is 0.227 e. The van der Waals surface area contributed by atoms with Gasteiger partial charge in [-0.1, -0.05) is 12.1 Å². The lowest BCUT2D eigenvalue weighted by atomic mass is 9.96. The molecule has 0 bridgehead atoms. The zero-order valence-electron chi connectivity index (χ0n) is 16.7.